The Labute approximate surface area is 152 Å². The number of nitrogens with zero attached hydrogens (tertiary/aromatic N) is 1. The highest BCUT2D eigenvalue weighted by molar-refractivity contribution is 7.90. The van der Waals surface area contributed by atoms with Crippen molar-refractivity contribution in [3.8, 4) is 0 Å². The molecule has 26 heavy (non-hydrogen) atoms. The molecule has 1 heterocycles. The summed E-state index contributed by atoms with van der Waals surface area (Å²) in [7, 11) is -3.63. The van der Waals surface area contributed by atoms with Gasteiger partial charge in [-0.05, 0) is 25.0 Å². The van der Waals surface area contributed by atoms with Gasteiger partial charge >= 0.3 is 5.97 Å². The van der Waals surface area contributed by atoms with Crippen molar-refractivity contribution in [3.05, 3.63) is 29.8 Å². The highest BCUT2D eigenvalue weighted by Crippen LogP contribution is 2.22. The minimum Gasteiger partial charge on any atom is -0.480 e. The first-order valence-electron chi connectivity index (χ1n) is 8.38. The Kier molecular flexibility index (Phi) is 6.01. The number of carboxylic acid groups (broad SMARTS) is 1. The maximum Gasteiger partial charge on any atom is 0.326 e. The predicted octanol–water partition coefficient (Wildman–Crippen LogP) is 1.12. The SMILES string of the molecule is CC[C@H](C)[C@H](NC(=O)CC(C)N=C1NS(=O)(=O)c2ccccc21)C(=O)O. The van der Waals surface area contributed by atoms with Gasteiger partial charge in [-0.1, -0.05) is 32.4 Å². The highest BCUT2D eigenvalue weighted by atomic mass is 32.2. The molecule has 1 aromatic rings. The van der Waals surface area contributed by atoms with Gasteiger partial charge in [0.25, 0.3) is 10.0 Å². The molecular weight excluding hydrogens is 358 g/mol. The molecule has 0 aromatic heterocycles. The summed E-state index contributed by atoms with van der Waals surface area (Å²) in [4.78, 5) is 27.9. The first-order chi connectivity index (χ1) is 12.2. The molecule has 1 amide bonds. The number of carboxylic acids is 1. The molecular formula is C17H23N3O5S. The number of benzene rings is 1. The van der Waals surface area contributed by atoms with Gasteiger partial charge in [-0.25, -0.2) is 13.2 Å². The maximum atomic E-state index is 12.2. The number of sulfonamides is 1. The molecule has 142 valence electrons. The Balaban J connectivity index is 2.09. The van der Waals surface area contributed by atoms with Crippen molar-refractivity contribution in [1.82, 2.24) is 10.0 Å². The van der Waals surface area contributed by atoms with Crippen LogP contribution in [-0.2, 0) is 19.6 Å². The molecule has 0 radical (unpaired) electrons. The van der Waals surface area contributed by atoms with Crippen molar-refractivity contribution in [3.63, 3.8) is 0 Å². The monoisotopic (exact) mass is 381 g/mol. The molecule has 1 aliphatic rings. The molecule has 0 saturated heterocycles. The van der Waals surface area contributed by atoms with Gasteiger partial charge in [-0.2, -0.15) is 0 Å². The minimum absolute atomic E-state index is 0.0480. The third kappa shape index (κ3) is 4.40. The van der Waals surface area contributed by atoms with Gasteiger partial charge < -0.3 is 10.4 Å². The summed E-state index contributed by atoms with van der Waals surface area (Å²) < 4.78 is 26.5. The smallest absolute Gasteiger partial charge is 0.326 e. The van der Waals surface area contributed by atoms with E-state index in [4.69, 9.17) is 0 Å². The number of hydrogen-bond acceptors (Lipinski definition) is 5. The fourth-order valence-corrected chi connectivity index (χ4v) is 3.92. The van der Waals surface area contributed by atoms with E-state index in [0.29, 0.717) is 12.0 Å². The standard InChI is InChI=1S/C17H23N3O5S/c1-4-10(2)15(17(22)23)19-14(21)9-11(3)18-16-12-7-5-6-8-13(12)26(24,25)20-16/h5-8,10-11,15H,4,9H2,1-3H3,(H,18,20)(H,19,21)(H,22,23)/t10-,11?,15-/m0/s1. The predicted molar refractivity (Wildman–Crippen MR) is 96.4 cm³/mol. The van der Waals surface area contributed by atoms with Crippen LogP contribution in [0.3, 0.4) is 0 Å². The average molecular weight is 381 g/mol. The summed E-state index contributed by atoms with van der Waals surface area (Å²) in [6.45, 7) is 5.28. The topological polar surface area (TPSA) is 125 Å². The number of amidine groups is 1. The van der Waals surface area contributed by atoms with E-state index in [0.717, 1.165) is 0 Å². The van der Waals surface area contributed by atoms with Gasteiger partial charge in [0.2, 0.25) is 5.91 Å². The lowest BCUT2D eigenvalue weighted by molar-refractivity contribution is -0.143. The van der Waals surface area contributed by atoms with Crippen LogP contribution in [0.1, 0.15) is 39.2 Å². The fraction of sp³-hybridized carbons (Fsp3) is 0.471. The number of nitrogens with one attached hydrogen (secondary N) is 2. The van der Waals surface area contributed by atoms with Crippen LogP contribution in [0, 0.1) is 5.92 Å². The summed E-state index contributed by atoms with van der Waals surface area (Å²) in [5.41, 5.74) is 0.461. The van der Waals surface area contributed by atoms with Gasteiger partial charge in [0.1, 0.15) is 11.9 Å². The molecule has 0 fully saturated rings. The molecule has 9 heteroatoms. The molecule has 1 aromatic carbocycles. The van der Waals surface area contributed by atoms with Crippen molar-refractivity contribution in [2.24, 2.45) is 10.9 Å². The van der Waals surface area contributed by atoms with E-state index < -0.39 is 34.0 Å². The number of hydrogen-bond donors (Lipinski definition) is 3. The summed E-state index contributed by atoms with van der Waals surface area (Å²) in [5, 5.41) is 11.7. The number of aliphatic imine (C=N–C) groups is 1. The normalized spacial score (nSPS) is 19.9. The van der Waals surface area contributed by atoms with Gasteiger partial charge in [0.05, 0.1) is 10.9 Å². The van der Waals surface area contributed by atoms with E-state index in [1.165, 1.54) is 6.07 Å². The van der Waals surface area contributed by atoms with Crippen molar-refractivity contribution < 1.29 is 23.1 Å². The molecule has 0 aliphatic carbocycles. The Morgan fingerprint density at radius 3 is 2.54 bits per heavy atom. The van der Waals surface area contributed by atoms with Gasteiger partial charge in [0.15, 0.2) is 0 Å². The summed E-state index contributed by atoms with van der Waals surface area (Å²) in [6, 6.07) is 4.97. The van der Waals surface area contributed by atoms with E-state index in [1.807, 2.05) is 6.92 Å². The number of carbonyl (C=O) groups excluding carboxylic acids is 1. The van der Waals surface area contributed by atoms with Gasteiger partial charge in [-0.3, -0.25) is 14.5 Å². The molecule has 2 rings (SSSR count). The third-order valence-electron chi connectivity index (χ3n) is 4.29. The number of fused-ring (bicyclic) bond motifs is 1. The van der Waals surface area contributed by atoms with E-state index >= 15 is 0 Å². The third-order valence-corrected chi connectivity index (χ3v) is 5.69. The summed E-state index contributed by atoms with van der Waals surface area (Å²) in [5.74, 6) is -1.53. The van der Waals surface area contributed by atoms with Crippen molar-refractivity contribution in [2.45, 2.75) is 50.6 Å². The van der Waals surface area contributed by atoms with Crippen LogP contribution in [0.4, 0.5) is 0 Å². The lowest BCUT2D eigenvalue weighted by Gasteiger charge is -2.20. The first kappa shape index (κ1) is 19.9. The molecule has 3 atom stereocenters. The zero-order valence-corrected chi connectivity index (χ0v) is 15.7. The Hall–Kier alpha value is -2.42. The van der Waals surface area contributed by atoms with Crippen LogP contribution in [-0.4, -0.2) is 43.3 Å². The van der Waals surface area contributed by atoms with Crippen LogP contribution >= 0.6 is 0 Å². The lowest BCUT2D eigenvalue weighted by atomic mass is 9.99. The first-order valence-corrected chi connectivity index (χ1v) is 9.86. The molecule has 0 spiro atoms. The zero-order chi connectivity index (χ0) is 19.5. The number of carbonyl (C=O) groups is 2. The highest BCUT2D eigenvalue weighted by Gasteiger charge is 2.31. The number of rotatable bonds is 7. The van der Waals surface area contributed by atoms with Crippen LogP contribution in [0.25, 0.3) is 0 Å². The molecule has 8 nitrogen and oxygen atoms in total. The van der Waals surface area contributed by atoms with Crippen LogP contribution in [0.5, 0.6) is 0 Å². The van der Waals surface area contributed by atoms with Crippen molar-refractivity contribution in [1.29, 1.82) is 0 Å². The fourth-order valence-electron chi connectivity index (χ4n) is 2.68. The van der Waals surface area contributed by atoms with Crippen molar-refractivity contribution in [2.75, 3.05) is 0 Å². The van der Waals surface area contributed by atoms with Crippen molar-refractivity contribution >= 4 is 27.7 Å². The second kappa shape index (κ2) is 7.86. The van der Waals surface area contributed by atoms with E-state index in [9.17, 15) is 23.1 Å². The number of amides is 1. The Morgan fingerprint density at radius 1 is 1.27 bits per heavy atom. The Morgan fingerprint density at radius 2 is 1.92 bits per heavy atom. The Bertz CT molecular complexity index is 835. The second-order valence-corrected chi connectivity index (χ2v) is 8.05. The summed E-state index contributed by atoms with van der Waals surface area (Å²) in [6.07, 6.45) is 0.571. The molecule has 1 aliphatic heterocycles. The van der Waals surface area contributed by atoms with Crippen LogP contribution < -0.4 is 10.0 Å². The summed E-state index contributed by atoms with van der Waals surface area (Å²) >= 11 is 0. The zero-order valence-electron chi connectivity index (χ0n) is 14.9. The molecule has 0 saturated carbocycles. The van der Waals surface area contributed by atoms with E-state index in [-0.39, 0.29) is 23.1 Å². The molecule has 3 N–H and O–H groups in total. The second-order valence-electron chi connectivity index (χ2n) is 6.40. The van der Waals surface area contributed by atoms with Crippen LogP contribution in [0.15, 0.2) is 34.2 Å². The minimum atomic E-state index is -3.63. The molecule has 1 unspecified atom stereocenters. The maximum absolute atomic E-state index is 12.2. The largest absolute Gasteiger partial charge is 0.480 e. The van der Waals surface area contributed by atoms with Gasteiger partial charge in [-0.15, -0.1) is 0 Å². The average Bonchev–Trinajstić information content (AvgIpc) is 2.82. The number of aliphatic carboxylic acids is 1. The quantitative estimate of drug-likeness (QED) is 0.653. The molecule has 0 bridgehead atoms. The van der Waals surface area contributed by atoms with Crippen LogP contribution in [0.2, 0.25) is 0 Å². The van der Waals surface area contributed by atoms with E-state index in [1.54, 1.807) is 32.0 Å². The van der Waals surface area contributed by atoms with E-state index in [2.05, 4.69) is 15.0 Å². The lowest BCUT2D eigenvalue weighted by Crippen LogP contribution is -2.45. The van der Waals surface area contributed by atoms with Gasteiger partial charge in [0, 0.05) is 12.0 Å².